The van der Waals surface area contributed by atoms with Gasteiger partial charge in [0.05, 0.1) is 13.7 Å². The minimum absolute atomic E-state index is 0. The zero-order chi connectivity index (χ0) is 30.7. The number of halogens is 1. The molecule has 0 N–H and O–H groups in total. The van der Waals surface area contributed by atoms with E-state index in [9.17, 15) is 4.39 Å². The molecule has 1 radical (unpaired) electrons. The van der Waals surface area contributed by atoms with Crippen LogP contribution in [0.3, 0.4) is 0 Å². The first-order valence-electron chi connectivity index (χ1n) is 15.0. The summed E-state index contributed by atoms with van der Waals surface area (Å²) in [4.78, 5) is 9.14. The first-order chi connectivity index (χ1) is 20.5. The minimum atomic E-state index is -1.34. The van der Waals surface area contributed by atoms with Crippen molar-refractivity contribution in [1.82, 2.24) is 9.97 Å². The van der Waals surface area contributed by atoms with Gasteiger partial charge in [-0.3, -0.25) is 0 Å². The van der Waals surface area contributed by atoms with Crippen molar-refractivity contribution in [2.24, 2.45) is 5.92 Å². The Morgan fingerprint density at radius 1 is 0.818 bits per heavy atom. The van der Waals surface area contributed by atoms with Crippen molar-refractivity contribution in [3.63, 3.8) is 0 Å². The maximum absolute atomic E-state index is 14.0. The fourth-order valence-electron chi connectivity index (χ4n) is 5.34. The van der Waals surface area contributed by atoms with Gasteiger partial charge in [-0.25, -0.2) is 4.39 Å². The monoisotopic (exact) mass is 779 g/mol. The van der Waals surface area contributed by atoms with Gasteiger partial charge < -0.3 is 14.4 Å². The fourth-order valence-corrected chi connectivity index (χ4v) is 6.93. The van der Waals surface area contributed by atoms with E-state index >= 15 is 0 Å². The Morgan fingerprint density at radius 3 is 2.27 bits per heavy atom. The van der Waals surface area contributed by atoms with E-state index in [1.165, 1.54) is 22.4 Å². The van der Waals surface area contributed by atoms with E-state index in [-0.39, 0.29) is 31.5 Å². The molecule has 0 saturated carbocycles. The van der Waals surface area contributed by atoms with Crippen LogP contribution in [0.4, 0.5) is 4.39 Å². The van der Waals surface area contributed by atoms with Crippen LogP contribution in [0.1, 0.15) is 44.7 Å². The van der Waals surface area contributed by atoms with Crippen molar-refractivity contribution in [3.05, 3.63) is 114 Å². The maximum Gasteiger partial charge on any atom is 0.165 e. The first-order valence-corrected chi connectivity index (χ1v) is 18.5. The molecule has 6 rings (SSSR count). The average molecular weight is 779 g/mol. The SMILES string of the molecule is CC(C)Cc1cc(-c2[c-]cccc2)ncc1[Si](C)(C)C.CC(C)c1ccnc(-c2[c-]ccc3c2oc2c(F)cccc23)c1.[Ir]. The van der Waals surface area contributed by atoms with Crippen LogP contribution in [-0.4, -0.2) is 18.0 Å². The zero-order valence-corrected chi connectivity index (χ0v) is 29.9. The topological polar surface area (TPSA) is 38.9 Å². The van der Waals surface area contributed by atoms with Gasteiger partial charge in [-0.05, 0) is 47.0 Å². The average Bonchev–Trinajstić information content (AvgIpc) is 3.37. The summed E-state index contributed by atoms with van der Waals surface area (Å²) in [5, 5.41) is 3.14. The normalized spacial score (nSPS) is 11.5. The molecule has 0 bridgehead atoms. The van der Waals surface area contributed by atoms with Crippen molar-refractivity contribution in [1.29, 1.82) is 0 Å². The van der Waals surface area contributed by atoms with E-state index in [0.29, 0.717) is 17.4 Å². The van der Waals surface area contributed by atoms with Gasteiger partial charge >= 0.3 is 0 Å². The van der Waals surface area contributed by atoms with Crippen molar-refractivity contribution in [2.75, 3.05) is 0 Å². The third kappa shape index (κ3) is 7.43. The van der Waals surface area contributed by atoms with Crippen molar-refractivity contribution in [2.45, 2.75) is 59.7 Å². The quantitative estimate of drug-likeness (QED) is 0.125. The second-order valence-electron chi connectivity index (χ2n) is 12.8. The first kappa shape index (κ1) is 33.4. The third-order valence-corrected chi connectivity index (χ3v) is 9.59. The molecule has 0 aliphatic rings. The molecule has 0 spiro atoms. The summed E-state index contributed by atoms with van der Waals surface area (Å²) >= 11 is 0. The van der Waals surface area contributed by atoms with Gasteiger partial charge in [0.1, 0.15) is 0 Å². The van der Waals surface area contributed by atoms with E-state index < -0.39 is 8.07 Å². The molecule has 3 aromatic heterocycles. The molecule has 0 atom stereocenters. The van der Waals surface area contributed by atoms with E-state index in [2.05, 4.69) is 87.8 Å². The van der Waals surface area contributed by atoms with Gasteiger partial charge in [-0.15, -0.1) is 54.1 Å². The molecule has 0 saturated heterocycles. The fraction of sp³-hybridized carbons (Fsp3) is 0.263. The Kier molecular flexibility index (Phi) is 10.7. The summed E-state index contributed by atoms with van der Waals surface area (Å²) in [6.07, 6.45) is 5.03. The standard InChI is InChI=1S/C20H15FNO.C18H24NSi.Ir/c1-12(2)13-9-10-22-18(11-13)16-7-3-5-14-15-6-4-8-17(21)20(15)23-19(14)16;1-14(2)11-16-12-17(15-9-7-6-8-10-15)19-13-18(16)20(3,4)5;/h3-6,8-12H,1-2H3;6-9,12-14H,11H2,1-5H3;/q2*-1;. The number of hydrogen-bond acceptors (Lipinski definition) is 3. The van der Waals surface area contributed by atoms with Crippen molar-refractivity contribution >= 4 is 35.2 Å². The molecular formula is C38H39FIrN2OSi-2. The summed E-state index contributed by atoms with van der Waals surface area (Å²) < 4.78 is 19.8. The van der Waals surface area contributed by atoms with Gasteiger partial charge in [0.2, 0.25) is 0 Å². The Morgan fingerprint density at radius 2 is 1.59 bits per heavy atom. The molecule has 0 fully saturated rings. The Bertz CT molecular complexity index is 1860. The van der Waals surface area contributed by atoms with E-state index in [1.54, 1.807) is 12.3 Å². The van der Waals surface area contributed by atoms with Crippen LogP contribution < -0.4 is 5.19 Å². The summed E-state index contributed by atoms with van der Waals surface area (Å²) in [5.74, 6) is 0.720. The van der Waals surface area contributed by atoms with Gasteiger partial charge in [-0.1, -0.05) is 93.7 Å². The third-order valence-electron chi connectivity index (χ3n) is 7.53. The van der Waals surface area contributed by atoms with E-state index in [1.807, 2.05) is 48.5 Å². The van der Waals surface area contributed by atoms with Crippen LogP contribution in [-0.2, 0) is 26.5 Å². The number of hydrogen-bond donors (Lipinski definition) is 0. The van der Waals surface area contributed by atoms with Gasteiger partial charge in [-0.2, -0.15) is 0 Å². The second kappa shape index (κ2) is 14.1. The number of fused-ring (bicyclic) bond motifs is 3. The van der Waals surface area contributed by atoms with Crippen LogP contribution >= 0.6 is 0 Å². The van der Waals surface area contributed by atoms with Crippen molar-refractivity contribution in [3.8, 4) is 22.5 Å². The molecule has 0 aliphatic carbocycles. The molecule has 0 unspecified atom stereocenters. The molecule has 3 heterocycles. The smallest absolute Gasteiger partial charge is 0.165 e. The largest absolute Gasteiger partial charge is 0.498 e. The maximum atomic E-state index is 14.0. The Balaban J connectivity index is 0.000000199. The molecule has 0 amide bonds. The summed E-state index contributed by atoms with van der Waals surface area (Å²) in [6, 6.07) is 29.6. The Hall–Kier alpha value is -3.44. The molecular weight excluding hydrogens is 740 g/mol. The molecule has 6 heteroatoms. The predicted octanol–water partition coefficient (Wildman–Crippen LogP) is 10.0. The molecule has 0 aliphatic heterocycles. The van der Waals surface area contributed by atoms with Gasteiger partial charge in [0.15, 0.2) is 11.4 Å². The predicted molar refractivity (Wildman–Crippen MR) is 180 cm³/mol. The molecule has 6 aromatic rings. The van der Waals surface area contributed by atoms with Crippen LogP contribution in [0, 0.1) is 23.9 Å². The number of benzene rings is 3. The van der Waals surface area contributed by atoms with E-state index in [0.717, 1.165) is 39.7 Å². The second-order valence-corrected chi connectivity index (χ2v) is 17.8. The molecule has 44 heavy (non-hydrogen) atoms. The molecule has 3 nitrogen and oxygen atoms in total. The van der Waals surface area contributed by atoms with Crippen molar-refractivity contribution < 1.29 is 28.9 Å². The summed E-state index contributed by atoms with van der Waals surface area (Å²) in [6.45, 7) is 16.0. The Labute approximate surface area is 275 Å². The number of furan rings is 1. The summed E-state index contributed by atoms with van der Waals surface area (Å²) in [5.41, 5.74) is 7.26. The number of pyridine rings is 2. The summed E-state index contributed by atoms with van der Waals surface area (Å²) in [7, 11) is -1.34. The number of aromatic nitrogens is 2. The van der Waals surface area contributed by atoms with Crippen LogP contribution in [0.2, 0.25) is 19.6 Å². The zero-order valence-electron chi connectivity index (χ0n) is 26.5. The van der Waals surface area contributed by atoms with E-state index in [4.69, 9.17) is 4.42 Å². The minimum Gasteiger partial charge on any atom is -0.498 e. The van der Waals surface area contributed by atoms with Crippen LogP contribution in [0.15, 0.2) is 89.6 Å². The van der Waals surface area contributed by atoms with Gasteiger partial charge in [0, 0.05) is 37.9 Å². The number of rotatable bonds is 6. The van der Waals surface area contributed by atoms with Crippen LogP contribution in [0.25, 0.3) is 44.5 Å². The molecule has 229 valence electrons. The number of para-hydroxylation sites is 1. The van der Waals surface area contributed by atoms with Gasteiger partial charge in [0.25, 0.3) is 0 Å². The number of nitrogens with zero attached hydrogens (tertiary/aromatic N) is 2. The molecule has 3 aromatic carbocycles. The van der Waals surface area contributed by atoms with Crippen LogP contribution in [0.5, 0.6) is 0 Å².